The summed E-state index contributed by atoms with van der Waals surface area (Å²) in [5, 5.41) is 19.8. The summed E-state index contributed by atoms with van der Waals surface area (Å²) in [6.45, 7) is 10.2. The van der Waals surface area contributed by atoms with E-state index in [0.717, 1.165) is 5.56 Å². The van der Waals surface area contributed by atoms with Gasteiger partial charge in [0.15, 0.2) is 0 Å². The molecular weight excluding hydrogens is 569 g/mol. The second-order valence-corrected chi connectivity index (χ2v) is 11.3. The Morgan fingerprint density at radius 1 is 0.976 bits per heavy atom. The average Bonchev–Trinajstić information content (AvgIpc) is 2.85. The number of piperazine rings is 1. The molecule has 0 spiro atoms. The van der Waals surface area contributed by atoms with Gasteiger partial charge >= 0.3 is 18.1 Å². The Balaban J connectivity index is 0.000000745. The number of sulfonamides is 1. The fourth-order valence-electron chi connectivity index (χ4n) is 3.93. The van der Waals surface area contributed by atoms with Crippen molar-refractivity contribution >= 4 is 39.2 Å². The Morgan fingerprint density at radius 3 is 2.07 bits per heavy atom. The molecule has 0 atom stereocenters. The lowest BCUT2D eigenvalue weighted by Crippen LogP contribution is -2.50. The smallest absolute Gasteiger partial charge is 0.478 e. The maximum Gasteiger partial charge on any atom is 0.490 e. The van der Waals surface area contributed by atoms with Crippen LogP contribution in [-0.4, -0.2) is 86.3 Å². The van der Waals surface area contributed by atoms with E-state index >= 15 is 0 Å². The molecule has 1 amide bonds. The molecule has 4 N–H and O–H groups in total. The van der Waals surface area contributed by atoms with E-state index in [1.807, 2.05) is 24.8 Å². The van der Waals surface area contributed by atoms with E-state index in [1.165, 1.54) is 12.1 Å². The number of halogens is 3. The van der Waals surface area contributed by atoms with Crippen molar-refractivity contribution in [1.82, 2.24) is 10.2 Å². The summed E-state index contributed by atoms with van der Waals surface area (Å²) < 4.78 is 60.1. The lowest BCUT2D eigenvalue weighted by Gasteiger charge is -2.36. The molecule has 2 aromatic rings. The number of carbonyl (C=O) groups is 3. The SMILES string of the molecule is Cc1ccc(C)c(S(=O)(=O)Nc2ccc(N3CCN(CC(=O)NC(C)C)CC3)cc2C(=O)O)c1.O=C(O)C(F)(F)F. The van der Waals surface area contributed by atoms with Gasteiger partial charge in [0.2, 0.25) is 5.91 Å². The van der Waals surface area contributed by atoms with Crippen LogP contribution in [0.5, 0.6) is 0 Å². The van der Waals surface area contributed by atoms with Crippen molar-refractivity contribution in [2.75, 3.05) is 42.3 Å². The van der Waals surface area contributed by atoms with Crippen molar-refractivity contribution in [3.8, 4) is 0 Å². The largest absolute Gasteiger partial charge is 0.490 e. The Labute approximate surface area is 236 Å². The minimum atomic E-state index is -5.08. The van der Waals surface area contributed by atoms with Gasteiger partial charge < -0.3 is 20.4 Å². The van der Waals surface area contributed by atoms with Crippen LogP contribution < -0.4 is 14.9 Å². The lowest BCUT2D eigenvalue weighted by atomic mass is 10.1. The van der Waals surface area contributed by atoms with E-state index in [0.29, 0.717) is 44.0 Å². The highest BCUT2D eigenvalue weighted by Crippen LogP contribution is 2.28. The monoisotopic (exact) mass is 602 g/mol. The van der Waals surface area contributed by atoms with Gasteiger partial charge in [-0.15, -0.1) is 0 Å². The first kappa shape index (κ1) is 33.4. The lowest BCUT2D eigenvalue weighted by molar-refractivity contribution is -0.192. The molecular formula is C26H33F3N4O7S. The van der Waals surface area contributed by atoms with Crippen molar-refractivity contribution in [2.24, 2.45) is 0 Å². The fraction of sp³-hybridized carbons (Fsp3) is 0.423. The Morgan fingerprint density at radius 2 is 1.56 bits per heavy atom. The van der Waals surface area contributed by atoms with E-state index < -0.39 is 28.1 Å². The number of hydrogen-bond acceptors (Lipinski definition) is 7. The van der Waals surface area contributed by atoms with E-state index in [2.05, 4.69) is 14.9 Å². The molecule has 1 saturated heterocycles. The second-order valence-electron chi connectivity index (χ2n) is 9.70. The molecule has 15 heteroatoms. The van der Waals surface area contributed by atoms with Gasteiger partial charge in [-0.3, -0.25) is 14.4 Å². The molecule has 1 heterocycles. The highest BCUT2D eigenvalue weighted by Gasteiger charge is 2.38. The summed E-state index contributed by atoms with van der Waals surface area (Å²) in [5.74, 6) is -3.99. The Bertz CT molecular complexity index is 1370. The number of hydrogen-bond donors (Lipinski definition) is 4. The number of carboxylic acid groups (broad SMARTS) is 2. The number of aliphatic carboxylic acids is 1. The van der Waals surface area contributed by atoms with Crippen LogP contribution in [0.3, 0.4) is 0 Å². The van der Waals surface area contributed by atoms with Crippen molar-refractivity contribution < 1.29 is 46.2 Å². The molecule has 226 valence electrons. The van der Waals surface area contributed by atoms with Gasteiger partial charge in [-0.2, -0.15) is 13.2 Å². The molecule has 2 aromatic carbocycles. The minimum Gasteiger partial charge on any atom is -0.478 e. The van der Waals surface area contributed by atoms with Gasteiger partial charge in [0, 0.05) is 37.9 Å². The maximum absolute atomic E-state index is 13.0. The van der Waals surface area contributed by atoms with E-state index in [4.69, 9.17) is 9.90 Å². The van der Waals surface area contributed by atoms with Gasteiger partial charge in [0.1, 0.15) is 0 Å². The quantitative estimate of drug-likeness (QED) is 0.357. The third kappa shape index (κ3) is 9.93. The number of nitrogens with zero attached hydrogens (tertiary/aromatic N) is 2. The van der Waals surface area contributed by atoms with E-state index in [-0.39, 0.29) is 28.1 Å². The number of carboxylic acids is 2. The van der Waals surface area contributed by atoms with Gasteiger partial charge in [-0.05, 0) is 63.1 Å². The van der Waals surface area contributed by atoms with Crippen LogP contribution >= 0.6 is 0 Å². The number of benzene rings is 2. The van der Waals surface area contributed by atoms with Gasteiger partial charge in [-0.25, -0.2) is 18.0 Å². The average molecular weight is 603 g/mol. The van der Waals surface area contributed by atoms with Gasteiger partial charge in [0.25, 0.3) is 10.0 Å². The number of carbonyl (C=O) groups excluding carboxylic acids is 1. The number of nitrogens with one attached hydrogen (secondary N) is 2. The zero-order valence-corrected chi connectivity index (χ0v) is 23.8. The summed E-state index contributed by atoms with van der Waals surface area (Å²) >= 11 is 0. The third-order valence-electron chi connectivity index (χ3n) is 5.91. The van der Waals surface area contributed by atoms with Crippen molar-refractivity contribution in [3.63, 3.8) is 0 Å². The van der Waals surface area contributed by atoms with E-state index in [1.54, 1.807) is 32.0 Å². The predicted octanol–water partition coefficient (Wildman–Crippen LogP) is 3.08. The molecule has 1 aliphatic heterocycles. The maximum atomic E-state index is 13.0. The normalized spacial score (nSPS) is 14.2. The summed E-state index contributed by atoms with van der Waals surface area (Å²) in [5.41, 5.74) is 1.96. The van der Waals surface area contributed by atoms with Crippen LogP contribution in [0.2, 0.25) is 0 Å². The highest BCUT2D eigenvalue weighted by molar-refractivity contribution is 7.92. The summed E-state index contributed by atoms with van der Waals surface area (Å²) in [7, 11) is -3.96. The standard InChI is InChI=1S/C24H32N4O5S.C2HF3O2/c1-16(2)25-23(29)15-27-9-11-28(12-10-27)19-7-8-21(20(14-19)24(30)31)26-34(32,33)22-13-17(3)5-6-18(22)4;3-2(4,5)1(6)7/h5-8,13-14,16,26H,9-12,15H2,1-4H3,(H,25,29)(H,30,31);(H,6,7). The van der Waals surface area contributed by atoms with E-state index in [9.17, 15) is 36.3 Å². The third-order valence-corrected chi connectivity index (χ3v) is 7.42. The molecule has 0 bridgehead atoms. The first-order chi connectivity index (χ1) is 18.9. The van der Waals surface area contributed by atoms with Crippen molar-refractivity contribution in [2.45, 2.75) is 44.8 Å². The molecule has 1 aliphatic rings. The number of rotatable bonds is 8. The summed E-state index contributed by atoms with van der Waals surface area (Å²) in [6, 6.07) is 9.89. The molecule has 0 saturated carbocycles. The van der Waals surface area contributed by atoms with Crippen LogP contribution in [0.4, 0.5) is 24.5 Å². The van der Waals surface area contributed by atoms with Crippen LogP contribution in [0.1, 0.15) is 35.3 Å². The second kappa shape index (κ2) is 13.7. The topological polar surface area (TPSA) is 156 Å². The molecule has 3 rings (SSSR count). The van der Waals surface area contributed by atoms with Gasteiger partial charge in [0.05, 0.1) is 22.7 Å². The molecule has 1 fully saturated rings. The number of alkyl halides is 3. The summed E-state index contributed by atoms with van der Waals surface area (Å²) in [6.07, 6.45) is -5.08. The molecule has 0 radical (unpaired) electrons. The number of amides is 1. The molecule has 0 aromatic heterocycles. The molecule has 0 unspecified atom stereocenters. The van der Waals surface area contributed by atoms with Crippen LogP contribution in [0, 0.1) is 13.8 Å². The van der Waals surface area contributed by atoms with Crippen LogP contribution in [0.25, 0.3) is 0 Å². The molecule has 41 heavy (non-hydrogen) atoms. The molecule has 0 aliphatic carbocycles. The fourth-order valence-corrected chi connectivity index (χ4v) is 5.34. The number of anilines is 2. The highest BCUT2D eigenvalue weighted by atomic mass is 32.2. The summed E-state index contributed by atoms with van der Waals surface area (Å²) in [4.78, 5) is 37.1. The first-order valence-corrected chi connectivity index (χ1v) is 13.9. The van der Waals surface area contributed by atoms with Crippen molar-refractivity contribution in [1.29, 1.82) is 0 Å². The van der Waals surface area contributed by atoms with Gasteiger partial charge in [-0.1, -0.05) is 12.1 Å². The zero-order chi connectivity index (χ0) is 31.1. The Kier molecular flexibility index (Phi) is 11.1. The zero-order valence-electron chi connectivity index (χ0n) is 22.9. The molecule has 11 nitrogen and oxygen atoms in total. The minimum absolute atomic E-state index is 0.0150. The predicted molar refractivity (Wildman–Crippen MR) is 146 cm³/mol. The van der Waals surface area contributed by atoms with Crippen molar-refractivity contribution in [3.05, 3.63) is 53.1 Å². The van der Waals surface area contributed by atoms with Crippen LogP contribution in [-0.2, 0) is 19.6 Å². The number of aromatic carboxylic acids is 1. The Hall–Kier alpha value is -3.85. The first-order valence-electron chi connectivity index (χ1n) is 12.4. The number of aryl methyl sites for hydroxylation is 2. The van der Waals surface area contributed by atoms with Crippen LogP contribution in [0.15, 0.2) is 41.3 Å².